The number of aromatic hydroxyl groups is 1. The number of phenolic OH excluding ortho intramolecular Hbond substituents is 1. The maximum atomic E-state index is 13.0. The van der Waals surface area contributed by atoms with Gasteiger partial charge in [0.05, 0.1) is 17.3 Å². The van der Waals surface area contributed by atoms with Gasteiger partial charge in [-0.2, -0.15) is 0 Å². The molecule has 4 atom stereocenters. The largest absolute Gasteiger partial charge is 0.506 e. The molecule has 0 radical (unpaired) electrons. The quantitative estimate of drug-likeness (QED) is 0.0644. The predicted molar refractivity (Wildman–Crippen MR) is 237 cm³/mol. The van der Waals surface area contributed by atoms with Gasteiger partial charge >= 0.3 is 6.09 Å². The first kappa shape index (κ1) is 43.1. The summed E-state index contributed by atoms with van der Waals surface area (Å²) in [6, 6.07) is 31.4. The number of hydrogen-bond donors (Lipinski definition) is 5. The molecule has 2 aliphatic rings. The van der Waals surface area contributed by atoms with E-state index < -0.39 is 12.2 Å². The molecule has 13 heteroatoms. The molecule has 5 N–H and O–H groups in total. The summed E-state index contributed by atoms with van der Waals surface area (Å²) in [4.78, 5) is 59.0. The number of likely N-dealkylation sites (tertiary alicyclic amines) is 1. The van der Waals surface area contributed by atoms with Crippen molar-refractivity contribution in [1.82, 2.24) is 20.1 Å². The van der Waals surface area contributed by atoms with E-state index in [9.17, 15) is 29.4 Å². The van der Waals surface area contributed by atoms with Gasteiger partial charge in [0.2, 0.25) is 17.4 Å². The molecule has 2 heterocycles. The zero-order chi connectivity index (χ0) is 42.9. The number of H-pyrrole nitrogens is 1. The van der Waals surface area contributed by atoms with Crippen LogP contribution in [0, 0.1) is 11.8 Å². The van der Waals surface area contributed by atoms with Crippen LogP contribution in [-0.4, -0.2) is 95.8 Å². The van der Waals surface area contributed by atoms with Crippen LogP contribution in [0.1, 0.15) is 55.8 Å². The van der Waals surface area contributed by atoms with Crippen LogP contribution in [0.3, 0.4) is 0 Å². The minimum atomic E-state index is -0.860. The third-order valence-electron chi connectivity index (χ3n) is 12.1. The number of nitrogens with zero attached hydrogens (tertiary/aromatic N) is 3. The second kappa shape index (κ2) is 20.0. The molecule has 320 valence electrons. The van der Waals surface area contributed by atoms with Crippen molar-refractivity contribution in [2.45, 2.75) is 57.3 Å². The number of para-hydroxylation sites is 1. The van der Waals surface area contributed by atoms with Crippen molar-refractivity contribution >= 4 is 40.2 Å². The molecular weight excluding hydrogens is 773 g/mol. The molecule has 2 fully saturated rings. The maximum Gasteiger partial charge on any atom is 0.411 e. The van der Waals surface area contributed by atoms with Crippen molar-refractivity contribution in [3.8, 4) is 16.9 Å². The van der Waals surface area contributed by atoms with Crippen LogP contribution in [0.15, 0.2) is 108 Å². The zero-order valence-corrected chi connectivity index (χ0v) is 34.9. The van der Waals surface area contributed by atoms with Gasteiger partial charge in [-0.1, -0.05) is 66.7 Å². The highest BCUT2D eigenvalue weighted by Gasteiger charge is 2.42. The molecule has 4 aromatic carbocycles. The molecular formula is C48H56N6O7. The number of unbranched alkanes of at least 4 members (excludes halogenated alkanes) is 1. The summed E-state index contributed by atoms with van der Waals surface area (Å²) in [7, 11) is 3.59. The number of carbonyl (C=O) groups is 3. The first-order chi connectivity index (χ1) is 29.5. The number of amides is 3. The lowest BCUT2D eigenvalue weighted by Crippen LogP contribution is -2.33. The molecule has 7 rings (SSSR count). The van der Waals surface area contributed by atoms with Crippen molar-refractivity contribution in [1.29, 1.82) is 0 Å². The minimum Gasteiger partial charge on any atom is -0.506 e. The molecule has 3 amide bonds. The number of aliphatic hydroxyl groups excluding tert-OH is 1. The van der Waals surface area contributed by atoms with Crippen LogP contribution in [0.2, 0.25) is 0 Å². The summed E-state index contributed by atoms with van der Waals surface area (Å²) in [5, 5.41) is 27.7. The van der Waals surface area contributed by atoms with Gasteiger partial charge in [-0.15, -0.1) is 0 Å². The molecule has 13 nitrogen and oxygen atoms in total. The third kappa shape index (κ3) is 11.0. The highest BCUT2D eigenvalue weighted by Crippen LogP contribution is 2.40. The number of fused-ring (bicyclic) bond motifs is 2. The number of pyridine rings is 1. The smallest absolute Gasteiger partial charge is 0.411 e. The van der Waals surface area contributed by atoms with Crippen molar-refractivity contribution < 1.29 is 29.3 Å². The Morgan fingerprint density at radius 3 is 2.33 bits per heavy atom. The Hall–Kier alpha value is -6.02. The Labute approximate surface area is 356 Å². The number of carbonyl (C=O) groups excluding carboxylic acids is 3. The lowest BCUT2D eigenvalue weighted by atomic mass is 10.0. The number of nitrogens with one attached hydrogen (secondary N) is 3. The molecule has 1 saturated heterocycles. The number of phenols is 1. The zero-order valence-electron chi connectivity index (χ0n) is 34.9. The molecule has 1 aliphatic carbocycles. The second-order valence-electron chi connectivity index (χ2n) is 16.4. The summed E-state index contributed by atoms with van der Waals surface area (Å²) in [5.41, 5.74) is 5.03. The number of rotatable bonds is 17. The summed E-state index contributed by atoms with van der Waals surface area (Å²) >= 11 is 0. The van der Waals surface area contributed by atoms with Gasteiger partial charge in [-0.05, 0) is 84.5 Å². The van der Waals surface area contributed by atoms with E-state index in [0.717, 1.165) is 60.4 Å². The molecule has 61 heavy (non-hydrogen) atoms. The fourth-order valence-electron chi connectivity index (χ4n) is 8.73. The van der Waals surface area contributed by atoms with E-state index in [1.165, 1.54) is 12.1 Å². The lowest BCUT2D eigenvalue weighted by Gasteiger charge is -2.22. The first-order valence-corrected chi connectivity index (χ1v) is 21.2. The molecule has 1 aromatic heterocycles. The number of benzene rings is 4. The fourth-order valence-corrected chi connectivity index (χ4v) is 8.73. The van der Waals surface area contributed by atoms with Crippen molar-refractivity contribution in [2.75, 3.05) is 57.0 Å². The number of hydrogen-bond acceptors (Lipinski definition) is 9. The van der Waals surface area contributed by atoms with Gasteiger partial charge in [0, 0.05) is 88.9 Å². The van der Waals surface area contributed by atoms with E-state index in [-0.39, 0.29) is 35.8 Å². The van der Waals surface area contributed by atoms with Gasteiger partial charge in [-0.25, -0.2) is 4.79 Å². The van der Waals surface area contributed by atoms with Crippen molar-refractivity contribution in [3.05, 3.63) is 125 Å². The van der Waals surface area contributed by atoms with E-state index in [1.807, 2.05) is 85.9 Å². The number of aromatic amines is 1. The minimum absolute atomic E-state index is 0.00619. The number of ether oxygens (including phenoxy) is 1. The van der Waals surface area contributed by atoms with E-state index in [1.54, 1.807) is 29.0 Å². The van der Waals surface area contributed by atoms with E-state index >= 15 is 0 Å². The molecule has 1 unspecified atom stereocenters. The van der Waals surface area contributed by atoms with Gasteiger partial charge in [-0.3, -0.25) is 19.7 Å². The molecule has 1 saturated carbocycles. The summed E-state index contributed by atoms with van der Waals surface area (Å²) in [5.74, 6) is 0.959. The Kier molecular flexibility index (Phi) is 14.1. The first-order valence-electron chi connectivity index (χ1n) is 21.2. The lowest BCUT2D eigenvalue weighted by molar-refractivity contribution is -0.130. The summed E-state index contributed by atoms with van der Waals surface area (Å²) in [6.45, 7) is 3.87. The Bertz CT molecular complexity index is 2340. The monoisotopic (exact) mass is 828 g/mol. The Morgan fingerprint density at radius 1 is 0.852 bits per heavy atom. The van der Waals surface area contributed by atoms with Crippen LogP contribution in [0.25, 0.3) is 22.0 Å². The Balaban J connectivity index is 0.752. The summed E-state index contributed by atoms with van der Waals surface area (Å²) < 4.78 is 5.88. The topological polar surface area (TPSA) is 168 Å². The van der Waals surface area contributed by atoms with Gasteiger partial charge in [0.1, 0.15) is 11.9 Å². The van der Waals surface area contributed by atoms with Crippen LogP contribution in [-0.2, 0) is 20.9 Å². The molecule has 0 bridgehead atoms. The third-order valence-corrected chi connectivity index (χ3v) is 12.1. The van der Waals surface area contributed by atoms with Crippen molar-refractivity contribution in [2.24, 2.45) is 11.8 Å². The fraction of sp³-hybridized carbons (Fsp3) is 0.375. The molecule has 1 aliphatic heterocycles. The average Bonchev–Trinajstić information content (AvgIpc) is 3.83. The van der Waals surface area contributed by atoms with Crippen LogP contribution < -0.4 is 21.1 Å². The van der Waals surface area contributed by atoms with Crippen LogP contribution in [0.4, 0.5) is 16.2 Å². The van der Waals surface area contributed by atoms with E-state index in [4.69, 9.17) is 4.74 Å². The standard InChI is InChI=1S/C48H56N6O7/c1-52(45(58)23-25-54-30-34-26-37(27-35(34)31-54)61-48(60)50-41-13-7-6-12-38(41)33-10-4-3-5-11-33)24-9-8-14-46(59)53(2)36-17-15-32(16-18-36)28-49-29-43(56)39-19-21-42(55)47-40(39)20-22-44(57)51-47/h3-7,10-13,15-22,34-35,37,43,49,55-56H,8-9,14,23-31H2,1-2H3,(H,50,60)(H,51,57)/t34-,35+,37?,43-/m0/s1. The second-order valence-corrected chi connectivity index (χ2v) is 16.4. The van der Waals surface area contributed by atoms with Gasteiger partial charge in [0.15, 0.2) is 0 Å². The van der Waals surface area contributed by atoms with E-state index in [2.05, 4.69) is 20.5 Å². The van der Waals surface area contributed by atoms with Gasteiger partial charge < -0.3 is 40.0 Å². The normalized spacial score (nSPS) is 17.8. The van der Waals surface area contributed by atoms with Crippen LogP contribution >= 0.6 is 0 Å². The average molecular weight is 829 g/mol. The number of aromatic nitrogens is 1. The Morgan fingerprint density at radius 2 is 1.57 bits per heavy atom. The summed E-state index contributed by atoms with van der Waals surface area (Å²) in [6.07, 6.45) is 2.50. The molecule has 0 spiro atoms. The highest BCUT2D eigenvalue weighted by atomic mass is 16.6. The van der Waals surface area contributed by atoms with E-state index in [0.29, 0.717) is 67.2 Å². The van der Waals surface area contributed by atoms with Gasteiger partial charge in [0.25, 0.3) is 0 Å². The highest BCUT2D eigenvalue weighted by molar-refractivity contribution is 5.93. The predicted octanol–water partition coefficient (Wildman–Crippen LogP) is 6.66. The van der Waals surface area contributed by atoms with Crippen LogP contribution in [0.5, 0.6) is 5.75 Å². The maximum absolute atomic E-state index is 13.0. The molecule has 5 aromatic rings. The van der Waals surface area contributed by atoms with Crippen molar-refractivity contribution in [3.63, 3.8) is 0 Å². The SMILES string of the molecule is CN(CCCCC(=O)N(C)c1ccc(CNC[C@H](O)c2ccc(O)c3[nH]c(=O)ccc23)cc1)C(=O)CCN1C[C@H]2CC(OC(=O)Nc3ccccc3-c3ccccc3)C[C@H]2C1. The number of aliphatic hydroxyl groups is 1. The number of anilines is 2.